The third-order valence-electron chi connectivity index (χ3n) is 34.1. The van der Waals surface area contributed by atoms with Gasteiger partial charge in [-0.3, -0.25) is 0 Å². The fourth-order valence-corrected chi connectivity index (χ4v) is 27.0. The first kappa shape index (κ1) is 96.7. The minimum Gasteiger partial charge on any atom is -0.0654 e. The van der Waals surface area contributed by atoms with Crippen molar-refractivity contribution in [2.75, 3.05) is 0 Å². The van der Waals surface area contributed by atoms with E-state index in [9.17, 15) is 0 Å². The molecule has 0 radical (unpaired) electrons. The highest BCUT2D eigenvalue weighted by molar-refractivity contribution is 6.02. The lowest BCUT2D eigenvalue weighted by atomic mass is 9.76. The van der Waals surface area contributed by atoms with Crippen LogP contribution in [0, 0.1) is 41.5 Å². The van der Waals surface area contributed by atoms with Gasteiger partial charge in [0, 0.05) is 35.5 Å². The van der Waals surface area contributed by atoms with E-state index in [4.69, 9.17) is 0 Å². The van der Waals surface area contributed by atoms with Gasteiger partial charge in [0.05, 0.1) is 0 Å². The summed E-state index contributed by atoms with van der Waals surface area (Å²) in [5.41, 5.74) is 67.2. The second kappa shape index (κ2) is 43.9. The zero-order chi connectivity index (χ0) is 95.2. The lowest BCUT2D eigenvalue weighted by molar-refractivity contribution is 0.660. The molecule has 0 aromatic heterocycles. The van der Waals surface area contributed by atoms with Gasteiger partial charge in [0.1, 0.15) is 0 Å². The van der Waals surface area contributed by atoms with E-state index in [1.54, 1.807) is 122 Å². The molecular weight excluding hydrogens is 1660 g/mol. The Morgan fingerprint density at radius 3 is 0.500 bits per heavy atom. The summed E-state index contributed by atoms with van der Waals surface area (Å²) in [6.45, 7) is 33.1. The molecule has 0 nitrogen and oxygen atoms in total. The molecular formula is C138H162. The molecule has 0 N–H and O–H groups in total. The van der Waals surface area contributed by atoms with Crippen LogP contribution in [0.4, 0.5) is 0 Å². The van der Waals surface area contributed by atoms with E-state index < -0.39 is 0 Å². The number of aryl methyl sites for hydroxylation is 10. The molecule has 0 bridgehead atoms. The quantitative estimate of drug-likeness (QED) is 0.0334. The van der Waals surface area contributed by atoms with Crippen LogP contribution in [0.2, 0.25) is 0 Å². The fraction of sp³-hybridized carbons (Fsp3) is 0.435. The first-order valence-electron chi connectivity index (χ1n) is 56.4. The van der Waals surface area contributed by atoms with Gasteiger partial charge in [0.2, 0.25) is 0 Å². The smallest absolute Gasteiger partial charge is 0.0355 e. The van der Waals surface area contributed by atoms with Gasteiger partial charge in [0.15, 0.2) is 0 Å². The van der Waals surface area contributed by atoms with Gasteiger partial charge >= 0.3 is 0 Å². The van der Waals surface area contributed by atoms with E-state index in [0.29, 0.717) is 0 Å². The maximum absolute atomic E-state index is 2.97. The van der Waals surface area contributed by atoms with E-state index >= 15 is 0 Å². The Balaban J connectivity index is 0.920. The van der Waals surface area contributed by atoms with Crippen LogP contribution in [0.5, 0.6) is 0 Å². The Morgan fingerprint density at radius 2 is 0.312 bits per heavy atom. The molecule has 0 heteroatoms. The van der Waals surface area contributed by atoms with Gasteiger partial charge < -0.3 is 0 Å². The minimum atomic E-state index is 0.00989. The third kappa shape index (κ3) is 18.7. The van der Waals surface area contributed by atoms with Crippen molar-refractivity contribution in [1.29, 1.82) is 0 Å². The van der Waals surface area contributed by atoms with Crippen LogP contribution in [0.3, 0.4) is 0 Å². The number of benzene rings is 13. The van der Waals surface area contributed by atoms with Crippen molar-refractivity contribution in [2.24, 2.45) is 0 Å². The van der Waals surface area contributed by atoms with Gasteiger partial charge in [-0.1, -0.05) is 413 Å². The summed E-state index contributed by atoms with van der Waals surface area (Å²) in [4.78, 5) is 0. The molecule has 19 rings (SSSR count). The third-order valence-corrected chi connectivity index (χ3v) is 34.1. The van der Waals surface area contributed by atoms with Crippen molar-refractivity contribution >= 4 is 0 Å². The maximum atomic E-state index is 2.97. The molecule has 0 amide bonds. The van der Waals surface area contributed by atoms with Crippen molar-refractivity contribution in [2.45, 2.75) is 389 Å². The predicted octanol–water partition coefficient (Wildman–Crippen LogP) is 39.5. The predicted molar refractivity (Wildman–Crippen MR) is 595 cm³/mol. The zero-order valence-corrected chi connectivity index (χ0v) is 87.4. The van der Waals surface area contributed by atoms with Crippen LogP contribution in [0.25, 0.3) is 66.8 Å². The molecule has 6 atom stereocenters. The second-order valence-corrected chi connectivity index (χ2v) is 44.0. The average Bonchev–Trinajstić information content (AvgIpc) is 1.51. The molecule has 0 saturated carbocycles. The second-order valence-electron chi connectivity index (χ2n) is 44.0. The molecule has 0 aliphatic heterocycles. The Morgan fingerprint density at radius 1 is 0.152 bits per heavy atom. The zero-order valence-electron chi connectivity index (χ0n) is 87.4. The van der Waals surface area contributed by atoms with E-state index in [-0.39, 0.29) is 35.5 Å². The van der Waals surface area contributed by atoms with Crippen molar-refractivity contribution in [3.63, 3.8) is 0 Å². The van der Waals surface area contributed by atoms with Crippen molar-refractivity contribution < 1.29 is 0 Å². The van der Waals surface area contributed by atoms with Gasteiger partial charge in [-0.2, -0.15) is 0 Å². The standard InChI is InChI=1S/C138H162/c1-15-23-31-39-47-95-79-81-97(49-41-33-25-17-3)129-121(95)109-83-113-117(85-111(109)123(129)99-67-55-89(9)56-68-99)131-105(51-43-35-27-19-5)137-127(103-75-63-93(13)64-76-103)115-88-120-116(87-119(115)133(137)107(53-45-37-29-21-7)135(131)125(113)101-71-59-91(11)60-72-101)128(104-77-65-94(14)66-78-104)138-106(52-44-36-28-20-6)132-118-86-112-110(84-114(118)126(102-73-61-92(12)62-74-102)136(132)108(134(120)138)54-46-38-30-22-8)122-96(48-40-32-24-16-2)80-82-98(50-42-34-26-18-4)130(122)124(112)100-69-57-90(10)58-70-100/h55-88,123-128H,15-54H2,1-14H3. The van der Waals surface area contributed by atoms with Gasteiger partial charge in [-0.15, -0.1) is 0 Å². The lowest BCUT2D eigenvalue weighted by Gasteiger charge is -2.27. The Bertz CT molecular complexity index is 6070. The fourth-order valence-electron chi connectivity index (χ4n) is 27.0. The van der Waals surface area contributed by atoms with E-state index in [1.807, 2.05) is 0 Å². The van der Waals surface area contributed by atoms with Crippen LogP contribution in [0.15, 0.2) is 206 Å². The van der Waals surface area contributed by atoms with Crippen LogP contribution in [0.1, 0.15) is 474 Å². The van der Waals surface area contributed by atoms with Crippen LogP contribution >= 0.6 is 0 Å². The van der Waals surface area contributed by atoms with Crippen LogP contribution in [-0.4, -0.2) is 0 Å². The van der Waals surface area contributed by atoms with Gasteiger partial charge in [0.25, 0.3) is 0 Å². The van der Waals surface area contributed by atoms with Gasteiger partial charge in [-0.05, 0) is 392 Å². The molecule has 0 saturated heterocycles. The first-order chi connectivity index (χ1) is 67.7. The first-order valence-corrected chi connectivity index (χ1v) is 56.4. The molecule has 0 fully saturated rings. The molecule has 6 aliphatic rings. The van der Waals surface area contributed by atoms with E-state index in [0.717, 1.165) is 77.0 Å². The Hall–Kier alpha value is -10.1. The number of rotatable bonds is 46. The normalized spacial score (nSPS) is 16.2. The summed E-state index contributed by atoms with van der Waals surface area (Å²) in [5, 5.41) is 0. The molecule has 13 aromatic carbocycles. The SMILES string of the molecule is CCCCCCc1ccc(CCCCCC)c2c1-c1cc3c(cc1C2c1ccc(C)cc1)-c1c(CCCCCC)c2c(c(CCCCCC)c1C3c1ccc(C)cc1)-c1cc3c(cc1C2c1ccc(C)cc1)-c1c(CCCCCC)c2c(c(CCCCCC)c1C3c1ccc(C)cc1)-c1cc3c(cc1C2c1ccc(C)cc1)-c1c(CCCCCC)ccc(CCCCCC)c1C3c1ccc(C)cc1. The monoisotopic (exact) mass is 1820 g/mol. The lowest BCUT2D eigenvalue weighted by Crippen LogP contribution is -2.11. The molecule has 138 heavy (non-hydrogen) atoms. The topological polar surface area (TPSA) is 0 Å². The van der Waals surface area contributed by atoms with Crippen molar-refractivity contribution in [1.82, 2.24) is 0 Å². The van der Waals surface area contributed by atoms with E-state index in [1.165, 1.54) is 302 Å². The molecule has 0 spiro atoms. The number of unbranched alkanes of at least 4 members (excludes halogenated alkanes) is 24. The number of hydrogen-bond donors (Lipinski definition) is 0. The Labute approximate surface area is 834 Å². The highest BCUT2D eigenvalue weighted by Gasteiger charge is 2.50. The van der Waals surface area contributed by atoms with Crippen LogP contribution < -0.4 is 0 Å². The highest BCUT2D eigenvalue weighted by atomic mass is 14.5. The highest BCUT2D eigenvalue weighted by Crippen LogP contribution is 2.68. The van der Waals surface area contributed by atoms with Crippen molar-refractivity contribution in [3.8, 4) is 66.8 Å². The molecule has 714 valence electrons. The average molecular weight is 1820 g/mol. The van der Waals surface area contributed by atoms with Crippen molar-refractivity contribution in [3.05, 3.63) is 384 Å². The summed E-state index contributed by atoms with van der Waals surface area (Å²) in [6.07, 6.45) is 48.1. The number of fused-ring (bicyclic) bond motifs is 18. The maximum Gasteiger partial charge on any atom is 0.0355 e. The summed E-state index contributed by atoms with van der Waals surface area (Å²) in [5.74, 6) is 0.378. The summed E-state index contributed by atoms with van der Waals surface area (Å²) >= 11 is 0. The van der Waals surface area contributed by atoms with Gasteiger partial charge in [-0.25, -0.2) is 0 Å². The molecule has 0 heterocycles. The summed E-state index contributed by atoms with van der Waals surface area (Å²) in [7, 11) is 0. The summed E-state index contributed by atoms with van der Waals surface area (Å²) < 4.78 is 0. The largest absolute Gasteiger partial charge is 0.0654 e. The Kier molecular flexibility index (Phi) is 30.8. The molecule has 6 aliphatic carbocycles. The summed E-state index contributed by atoms with van der Waals surface area (Å²) in [6, 6.07) is 88.5. The molecule has 13 aromatic rings. The molecule has 6 unspecified atom stereocenters. The van der Waals surface area contributed by atoms with E-state index in [2.05, 4.69) is 303 Å². The number of hydrogen-bond acceptors (Lipinski definition) is 0. The minimum absolute atomic E-state index is 0.00989. The van der Waals surface area contributed by atoms with Crippen LogP contribution in [-0.2, 0) is 51.4 Å².